The Bertz CT molecular complexity index is 812. The van der Waals surface area contributed by atoms with E-state index >= 15 is 0 Å². The van der Waals surface area contributed by atoms with Gasteiger partial charge >= 0.3 is 6.09 Å². The van der Waals surface area contributed by atoms with Crippen LogP contribution in [0.4, 0.5) is 4.79 Å². The minimum absolute atomic E-state index is 0. The molecule has 2 atom stereocenters. The number of carbonyl (C=O) groups excluding carboxylic acids is 1. The van der Waals surface area contributed by atoms with Crippen molar-refractivity contribution in [3.63, 3.8) is 0 Å². The molecule has 0 aliphatic carbocycles. The first kappa shape index (κ1) is 26.3. The number of hydrogen-bond donors (Lipinski definition) is 1. The molecule has 2 aliphatic rings. The maximum absolute atomic E-state index is 12.4. The quantitative estimate of drug-likeness (QED) is 0.538. The molecule has 0 radical (unpaired) electrons. The Morgan fingerprint density at radius 3 is 2.59 bits per heavy atom. The van der Waals surface area contributed by atoms with Gasteiger partial charge in [-0.05, 0) is 50.8 Å². The van der Waals surface area contributed by atoms with Gasteiger partial charge in [0.1, 0.15) is 5.60 Å². The molecule has 3 rings (SSSR count). The largest absolute Gasteiger partial charge is 0.493 e. The van der Waals surface area contributed by atoms with Gasteiger partial charge in [-0.2, -0.15) is 0 Å². The highest BCUT2D eigenvalue weighted by atomic mass is 127. The lowest BCUT2D eigenvalue weighted by atomic mass is 10.0. The molecule has 1 aromatic rings. The Morgan fingerprint density at radius 1 is 1.22 bits per heavy atom. The average molecular weight is 560 g/mol. The van der Waals surface area contributed by atoms with Crippen molar-refractivity contribution in [2.24, 2.45) is 10.9 Å². The van der Waals surface area contributed by atoms with Crippen molar-refractivity contribution in [1.82, 2.24) is 15.1 Å². The summed E-state index contributed by atoms with van der Waals surface area (Å²) in [6, 6.07) is 6.28. The number of nitrogens with one attached hydrogen (secondary N) is 1. The number of hydrogen-bond acceptors (Lipinski definition) is 7. The molecule has 2 unspecified atom stereocenters. The molecule has 0 saturated carbocycles. The minimum atomic E-state index is -0.475. The molecule has 0 bridgehead atoms. The van der Waals surface area contributed by atoms with Gasteiger partial charge in [-0.15, -0.1) is 24.0 Å². The fourth-order valence-corrected chi connectivity index (χ4v) is 3.97. The zero-order valence-electron chi connectivity index (χ0n) is 20.0. The van der Waals surface area contributed by atoms with Crippen LogP contribution < -0.4 is 14.8 Å². The number of halogens is 1. The summed E-state index contributed by atoms with van der Waals surface area (Å²) in [7, 11) is 3.30. The van der Waals surface area contributed by atoms with Gasteiger partial charge in [0.15, 0.2) is 17.5 Å². The molecule has 1 N–H and O–H groups in total. The lowest BCUT2D eigenvalue weighted by molar-refractivity contribution is 0.0137. The fraction of sp³-hybridized carbons (Fsp3) is 0.652. The van der Waals surface area contributed by atoms with Crippen LogP contribution in [0.1, 0.15) is 33.3 Å². The van der Waals surface area contributed by atoms with Crippen LogP contribution in [0.25, 0.3) is 0 Å². The average Bonchev–Trinajstić information content (AvgIpc) is 3.13. The molecule has 1 fully saturated rings. The monoisotopic (exact) mass is 560 g/mol. The number of benzene rings is 1. The lowest BCUT2D eigenvalue weighted by Crippen LogP contribution is -2.57. The first-order chi connectivity index (χ1) is 14.7. The molecule has 0 spiro atoms. The van der Waals surface area contributed by atoms with E-state index in [4.69, 9.17) is 19.2 Å². The highest BCUT2D eigenvalue weighted by Gasteiger charge is 2.36. The molecule has 1 saturated heterocycles. The second-order valence-electron chi connectivity index (χ2n) is 9.32. The van der Waals surface area contributed by atoms with Gasteiger partial charge in [0, 0.05) is 26.2 Å². The molecule has 2 aliphatic heterocycles. The van der Waals surface area contributed by atoms with Crippen molar-refractivity contribution < 1.29 is 19.0 Å². The second kappa shape index (κ2) is 11.3. The van der Waals surface area contributed by atoms with E-state index in [9.17, 15) is 4.79 Å². The van der Waals surface area contributed by atoms with Gasteiger partial charge in [0.05, 0.1) is 26.8 Å². The summed E-state index contributed by atoms with van der Waals surface area (Å²) in [6.07, 6.45) is 0.688. The zero-order chi connectivity index (χ0) is 22.6. The highest BCUT2D eigenvalue weighted by molar-refractivity contribution is 14.0. The maximum atomic E-state index is 12.4. The van der Waals surface area contributed by atoms with E-state index in [-0.39, 0.29) is 36.1 Å². The van der Waals surface area contributed by atoms with Crippen molar-refractivity contribution in [3.05, 3.63) is 23.8 Å². The van der Waals surface area contributed by atoms with Crippen LogP contribution in [0.2, 0.25) is 0 Å². The molecule has 1 aromatic carbocycles. The summed E-state index contributed by atoms with van der Waals surface area (Å²) >= 11 is 0. The summed E-state index contributed by atoms with van der Waals surface area (Å²) < 4.78 is 16.2. The van der Waals surface area contributed by atoms with Gasteiger partial charge in [0.25, 0.3) is 0 Å². The number of rotatable bonds is 6. The summed E-state index contributed by atoms with van der Waals surface area (Å²) in [6.45, 7) is 11.5. The number of aliphatic imine (C=N–C) groups is 1. The summed E-state index contributed by atoms with van der Waals surface area (Å²) in [5, 5.41) is 3.52. The predicted octanol–water partition coefficient (Wildman–Crippen LogP) is 3.38. The molecule has 180 valence electrons. The van der Waals surface area contributed by atoms with Crippen LogP contribution in [0.15, 0.2) is 23.2 Å². The number of fused-ring (bicyclic) bond motifs is 1. The van der Waals surface area contributed by atoms with E-state index in [1.165, 1.54) is 5.56 Å². The van der Waals surface area contributed by atoms with Crippen LogP contribution in [-0.2, 0) is 11.2 Å². The number of nitrogens with zero attached hydrogens (tertiary/aromatic N) is 3. The fourth-order valence-electron chi connectivity index (χ4n) is 3.97. The van der Waals surface area contributed by atoms with Crippen molar-refractivity contribution in [1.29, 1.82) is 0 Å². The van der Waals surface area contributed by atoms with Gasteiger partial charge < -0.3 is 29.3 Å². The first-order valence-corrected chi connectivity index (χ1v) is 10.9. The van der Waals surface area contributed by atoms with Gasteiger partial charge in [-0.3, -0.25) is 4.99 Å². The standard InChI is InChI=1S/C23H36N4O4.HI/c1-16(11-17-7-8-19(29-5)20(12-17)30-6)13-24-21-25-14-18-15-26(9-10-27(18)21)22(28)31-23(2,3)4;/h7-8,12,16,18H,9-11,13-15H2,1-6H3,(H,24,25);1H. The number of carbonyl (C=O) groups is 1. The van der Waals surface area contributed by atoms with Crippen LogP contribution in [0.3, 0.4) is 0 Å². The first-order valence-electron chi connectivity index (χ1n) is 10.9. The molecule has 2 heterocycles. The van der Waals surface area contributed by atoms with Gasteiger partial charge in [-0.25, -0.2) is 4.79 Å². The van der Waals surface area contributed by atoms with Crippen LogP contribution in [0.5, 0.6) is 11.5 Å². The Hall–Kier alpha value is -1.91. The molecule has 8 nitrogen and oxygen atoms in total. The summed E-state index contributed by atoms with van der Waals surface area (Å²) in [4.78, 5) is 21.1. The number of ether oxygens (including phenoxy) is 3. The number of piperazine rings is 1. The SMILES string of the molecule is COc1ccc(CC(C)CNC2=NCC3CN(C(=O)OC(C)(C)C)CCN23)cc1OC.I. The van der Waals surface area contributed by atoms with E-state index in [2.05, 4.69) is 23.2 Å². The Balaban J connectivity index is 0.00000363. The van der Waals surface area contributed by atoms with Crippen LogP contribution in [0, 0.1) is 5.92 Å². The number of guanidine groups is 1. The van der Waals surface area contributed by atoms with Crippen LogP contribution >= 0.6 is 24.0 Å². The summed E-state index contributed by atoms with van der Waals surface area (Å²) in [5.74, 6) is 2.86. The van der Waals surface area contributed by atoms with E-state index < -0.39 is 5.60 Å². The summed E-state index contributed by atoms with van der Waals surface area (Å²) in [5.41, 5.74) is 0.737. The van der Waals surface area contributed by atoms with Crippen molar-refractivity contribution >= 4 is 36.0 Å². The van der Waals surface area contributed by atoms with Crippen molar-refractivity contribution in [3.8, 4) is 11.5 Å². The normalized spacial score (nSPS) is 18.8. The van der Waals surface area contributed by atoms with E-state index in [1.54, 1.807) is 19.1 Å². The van der Waals surface area contributed by atoms with Crippen molar-refractivity contribution in [2.45, 2.75) is 45.8 Å². The lowest BCUT2D eigenvalue weighted by Gasteiger charge is -2.39. The smallest absolute Gasteiger partial charge is 0.410 e. The Morgan fingerprint density at radius 2 is 1.94 bits per heavy atom. The van der Waals surface area contributed by atoms with Crippen LogP contribution in [-0.4, -0.2) is 80.4 Å². The van der Waals surface area contributed by atoms with E-state index in [0.29, 0.717) is 25.6 Å². The third-order valence-corrected chi connectivity index (χ3v) is 5.50. The molecule has 9 heteroatoms. The molecule has 0 aromatic heterocycles. The molecule has 1 amide bonds. The van der Waals surface area contributed by atoms with Gasteiger partial charge in [-0.1, -0.05) is 13.0 Å². The molecular formula is C23H37IN4O4. The topological polar surface area (TPSA) is 75.6 Å². The number of methoxy groups -OCH3 is 2. The third kappa shape index (κ3) is 6.79. The zero-order valence-corrected chi connectivity index (χ0v) is 22.3. The van der Waals surface area contributed by atoms with Crippen molar-refractivity contribution in [2.75, 3.05) is 46.9 Å². The minimum Gasteiger partial charge on any atom is -0.493 e. The third-order valence-electron chi connectivity index (χ3n) is 5.50. The highest BCUT2D eigenvalue weighted by Crippen LogP contribution is 2.28. The maximum Gasteiger partial charge on any atom is 0.410 e. The predicted molar refractivity (Wildman–Crippen MR) is 136 cm³/mol. The molecule has 32 heavy (non-hydrogen) atoms. The number of amides is 1. The van der Waals surface area contributed by atoms with E-state index in [0.717, 1.165) is 37.0 Å². The van der Waals surface area contributed by atoms with Gasteiger partial charge in [0.2, 0.25) is 0 Å². The Labute approximate surface area is 208 Å². The second-order valence-corrected chi connectivity index (χ2v) is 9.32. The Kier molecular flexibility index (Phi) is 9.29. The van der Waals surface area contributed by atoms with E-state index in [1.807, 2.05) is 32.9 Å². The molecular weight excluding hydrogens is 523 g/mol.